The van der Waals surface area contributed by atoms with Crippen LogP contribution in [-0.4, -0.2) is 58.5 Å². The fourth-order valence-electron chi connectivity index (χ4n) is 4.03. The van der Waals surface area contributed by atoms with E-state index in [-0.39, 0.29) is 0 Å². The average molecular weight is 304 g/mol. The molecule has 0 aromatic rings. The molecule has 0 aromatic heterocycles. The lowest BCUT2D eigenvalue weighted by atomic mass is 9.60. The highest BCUT2D eigenvalue weighted by atomic mass is 32.2. The maximum atomic E-state index is 11.1. The summed E-state index contributed by atoms with van der Waals surface area (Å²) in [4.78, 5) is 2.32. The molecule has 20 heavy (non-hydrogen) atoms. The van der Waals surface area contributed by atoms with Crippen molar-refractivity contribution < 1.29 is 13.2 Å². The van der Waals surface area contributed by atoms with Gasteiger partial charge in [0.05, 0.1) is 12.4 Å². The molecule has 6 heteroatoms. The van der Waals surface area contributed by atoms with Crippen molar-refractivity contribution in [3.63, 3.8) is 0 Å². The Hall–Kier alpha value is -0.170. The fourth-order valence-corrected chi connectivity index (χ4v) is 4.49. The monoisotopic (exact) mass is 304 g/mol. The number of ether oxygens (including phenoxy) is 1. The molecule has 0 amide bonds. The highest BCUT2D eigenvalue weighted by Crippen LogP contribution is 2.56. The molecule has 2 atom stereocenters. The predicted octanol–water partition coefficient (Wildman–Crippen LogP) is 1.21. The summed E-state index contributed by atoms with van der Waals surface area (Å²) >= 11 is 0. The van der Waals surface area contributed by atoms with Crippen LogP contribution in [-0.2, 0) is 14.8 Å². The van der Waals surface area contributed by atoms with E-state index < -0.39 is 10.0 Å². The Labute approximate surface area is 123 Å². The first-order valence-corrected chi connectivity index (χ1v) is 9.54. The van der Waals surface area contributed by atoms with Gasteiger partial charge in [-0.05, 0) is 33.2 Å². The van der Waals surface area contributed by atoms with Crippen molar-refractivity contribution in [3.05, 3.63) is 0 Å². The number of sulfonamides is 1. The van der Waals surface area contributed by atoms with Gasteiger partial charge in [0.1, 0.15) is 0 Å². The minimum Gasteiger partial charge on any atom is -0.378 e. The molecule has 0 radical (unpaired) electrons. The first-order valence-electron chi connectivity index (χ1n) is 7.65. The van der Waals surface area contributed by atoms with E-state index in [1.54, 1.807) is 0 Å². The quantitative estimate of drug-likeness (QED) is 0.768. The van der Waals surface area contributed by atoms with E-state index in [4.69, 9.17) is 4.74 Å². The molecule has 0 saturated heterocycles. The zero-order chi connectivity index (χ0) is 14.8. The molecule has 118 valence electrons. The molecule has 2 aliphatic rings. The Kier molecular flexibility index (Phi) is 5.10. The van der Waals surface area contributed by atoms with Gasteiger partial charge in [-0.3, -0.25) is 0 Å². The Bertz CT molecular complexity index is 418. The van der Waals surface area contributed by atoms with E-state index in [9.17, 15) is 8.42 Å². The van der Waals surface area contributed by atoms with Crippen LogP contribution in [0, 0.1) is 5.41 Å². The summed E-state index contributed by atoms with van der Waals surface area (Å²) in [6.45, 7) is 4.10. The van der Waals surface area contributed by atoms with Gasteiger partial charge in [0.2, 0.25) is 10.0 Å². The maximum absolute atomic E-state index is 11.1. The molecule has 0 bridgehead atoms. The first-order chi connectivity index (χ1) is 9.39. The molecule has 5 nitrogen and oxygen atoms in total. The standard InChI is InChI=1S/C14H28N2O3S/c1-4-19-13-11-12(14(13)7-5-6-8-14)16(2)10-9-15-20(3,17)18/h12-13,15H,4-11H2,1-3H3/t12-,13+/m1/s1. The molecule has 0 aliphatic heterocycles. The highest BCUT2D eigenvalue weighted by Gasteiger charge is 2.57. The second-order valence-corrected chi connectivity index (χ2v) is 8.12. The van der Waals surface area contributed by atoms with Gasteiger partial charge in [-0.2, -0.15) is 0 Å². The van der Waals surface area contributed by atoms with Crippen molar-refractivity contribution in [2.24, 2.45) is 5.41 Å². The SMILES string of the molecule is CCO[C@H]1C[C@@H](N(C)CCNS(C)(=O)=O)C12CCCC2. The first kappa shape index (κ1) is 16.2. The van der Waals surface area contributed by atoms with E-state index in [1.165, 1.54) is 31.9 Å². The van der Waals surface area contributed by atoms with Gasteiger partial charge in [0.25, 0.3) is 0 Å². The van der Waals surface area contributed by atoms with Gasteiger partial charge in [-0.25, -0.2) is 13.1 Å². The summed E-state index contributed by atoms with van der Waals surface area (Å²) in [5.41, 5.74) is 0.329. The number of hydrogen-bond acceptors (Lipinski definition) is 4. The molecule has 2 rings (SSSR count). The summed E-state index contributed by atoms with van der Waals surface area (Å²) in [5.74, 6) is 0. The van der Waals surface area contributed by atoms with Crippen LogP contribution in [0.3, 0.4) is 0 Å². The minimum atomic E-state index is -3.08. The van der Waals surface area contributed by atoms with Crippen LogP contribution in [0.15, 0.2) is 0 Å². The third-order valence-electron chi connectivity index (χ3n) is 5.01. The lowest BCUT2D eigenvalue weighted by Crippen LogP contribution is -2.63. The summed E-state index contributed by atoms with van der Waals surface area (Å²) in [6.07, 6.45) is 7.82. The fraction of sp³-hybridized carbons (Fsp3) is 1.00. The number of nitrogens with zero attached hydrogens (tertiary/aromatic N) is 1. The van der Waals surface area contributed by atoms with Crippen molar-refractivity contribution in [2.75, 3.05) is 33.0 Å². The summed E-state index contributed by atoms with van der Waals surface area (Å²) < 4.78 is 30.7. The number of hydrogen-bond donors (Lipinski definition) is 1. The number of likely N-dealkylation sites (N-methyl/N-ethyl adjacent to an activating group) is 1. The van der Waals surface area contributed by atoms with Gasteiger partial charge >= 0.3 is 0 Å². The van der Waals surface area contributed by atoms with E-state index in [0.717, 1.165) is 19.6 Å². The Morgan fingerprint density at radius 1 is 1.35 bits per heavy atom. The second kappa shape index (κ2) is 6.30. The summed E-state index contributed by atoms with van der Waals surface area (Å²) in [5, 5.41) is 0. The normalized spacial score (nSPS) is 29.0. The lowest BCUT2D eigenvalue weighted by Gasteiger charge is -2.57. The van der Waals surface area contributed by atoms with Crippen LogP contribution >= 0.6 is 0 Å². The molecular weight excluding hydrogens is 276 g/mol. The molecule has 1 spiro atoms. The van der Waals surface area contributed by atoms with E-state index in [1.807, 2.05) is 0 Å². The molecule has 0 aromatic carbocycles. The van der Waals surface area contributed by atoms with Crippen molar-refractivity contribution in [3.8, 4) is 0 Å². The van der Waals surface area contributed by atoms with Crippen LogP contribution in [0.5, 0.6) is 0 Å². The van der Waals surface area contributed by atoms with Crippen LogP contribution in [0.4, 0.5) is 0 Å². The van der Waals surface area contributed by atoms with Crippen LogP contribution in [0.25, 0.3) is 0 Å². The minimum absolute atomic E-state index is 0.329. The van der Waals surface area contributed by atoms with Gasteiger partial charge in [-0.1, -0.05) is 12.8 Å². The summed E-state index contributed by atoms with van der Waals surface area (Å²) in [6, 6.07) is 0.544. The predicted molar refractivity (Wildman–Crippen MR) is 80.2 cm³/mol. The molecule has 2 aliphatic carbocycles. The zero-order valence-corrected chi connectivity index (χ0v) is 13.7. The largest absolute Gasteiger partial charge is 0.378 e. The highest BCUT2D eigenvalue weighted by molar-refractivity contribution is 7.88. The van der Waals surface area contributed by atoms with Crippen LogP contribution < -0.4 is 4.72 Å². The third kappa shape index (κ3) is 3.35. The average Bonchev–Trinajstić information content (AvgIpc) is 2.84. The maximum Gasteiger partial charge on any atom is 0.208 e. The van der Waals surface area contributed by atoms with Gasteiger partial charge in [0, 0.05) is 31.2 Å². The van der Waals surface area contributed by atoms with Crippen molar-refractivity contribution in [2.45, 2.75) is 51.2 Å². The van der Waals surface area contributed by atoms with Crippen molar-refractivity contribution in [1.29, 1.82) is 0 Å². The van der Waals surface area contributed by atoms with Crippen molar-refractivity contribution in [1.82, 2.24) is 9.62 Å². The van der Waals surface area contributed by atoms with Crippen molar-refractivity contribution >= 4 is 10.0 Å². The van der Waals surface area contributed by atoms with E-state index in [2.05, 4.69) is 23.6 Å². The Morgan fingerprint density at radius 3 is 2.55 bits per heavy atom. The number of rotatable bonds is 7. The van der Waals surface area contributed by atoms with Crippen LogP contribution in [0.1, 0.15) is 39.0 Å². The molecule has 2 saturated carbocycles. The molecule has 1 N–H and O–H groups in total. The smallest absolute Gasteiger partial charge is 0.208 e. The van der Waals surface area contributed by atoms with E-state index >= 15 is 0 Å². The summed E-state index contributed by atoms with van der Waals surface area (Å²) in [7, 11) is -0.974. The van der Waals surface area contributed by atoms with Gasteiger partial charge in [0.15, 0.2) is 0 Å². The van der Waals surface area contributed by atoms with Crippen LogP contribution in [0.2, 0.25) is 0 Å². The topological polar surface area (TPSA) is 58.6 Å². The molecular formula is C14H28N2O3S. The Balaban J connectivity index is 1.88. The number of nitrogens with one attached hydrogen (secondary N) is 1. The van der Waals surface area contributed by atoms with Gasteiger partial charge < -0.3 is 9.64 Å². The lowest BCUT2D eigenvalue weighted by molar-refractivity contribution is -0.160. The molecule has 2 fully saturated rings. The zero-order valence-electron chi connectivity index (χ0n) is 12.9. The van der Waals surface area contributed by atoms with E-state index in [0.29, 0.717) is 24.1 Å². The molecule has 0 heterocycles. The third-order valence-corrected chi connectivity index (χ3v) is 5.73. The molecule has 0 unspecified atom stereocenters. The van der Waals surface area contributed by atoms with Gasteiger partial charge in [-0.15, -0.1) is 0 Å². The Morgan fingerprint density at radius 2 is 2.00 bits per heavy atom. The second-order valence-electron chi connectivity index (χ2n) is 6.28.